The largest absolute Gasteiger partial charge is 0.377 e. The highest BCUT2D eigenvalue weighted by Gasteiger charge is 2.31. The summed E-state index contributed by atoms with van der Waals surface area (Å²) in [5.74, 6) is -0.345. The van der Waals surface area contributed by atoms with E-state index in [0.717, 1.165) is 42.6 Å². The first kappa shape index (κ1) is 25.4. The van der Waals surface area contributed by atoms with E-state index in [2.05, 4.69) is 12.2 Å². The lowest BCUT2D eigenvalue weighted by atomic mass is 9.94. The minimum absolute atomic E-state index is 0.134. The Balaban J connectivity index is 1.60. The van der Waals surface area contributed by atoms with Crippen molar-refractivity contribution >= 4 is 23.2 Å². The van der Waals surface area contributed by atoms with E-state index in [9.17, 15) is 14.0 Å². The Morgan fingerprint density at radius 2 is 1.75 bits per heavy atom. The molecule has 0 aromatic heterocycles. The van der Waals surface area contributed by atoms with Crippen molar-refractivity contribution in [2.24, 2.45) is 5.92 Å². The third-order valence-corrected chi connectivity index (χ3v) is 6.66. The molecule has 4 rings (SSSR count). The standard InChI is InChI=1S/C30H34FN3O2/c1-4-27(22-9-6-5-7-10-22)30(36)34(19-21-13-14-21)20-24-18-26(15-16-28(24)33(2)3)32-29(35)23-11-8-12-25(31)17-23/h5-12,15-18,21,27H,4,13-14,19-20H2,1-3H3,(H,32,35)/t27-/m0/s1. The molecule has 1 N–H and O–H groups in total. The molecular weight excluding hydrogens is 453 g/mol. The predicted molar refractivity (Wildman–Crippen MR) is 143 cm³/mol. The van der Waals surface area contributed by atoms with Gasteiger partial charge in [-0.15, -0.1) is 0 Å². The number of benzene rings is 3. The first-order valence-electron chi connectivity index (χ1n) is 12.6. The second-order valence-corrected chi connectivity index (χ2v) is 9.74. The molecule has 0 heterocycles. The molecule has 5 nitrogen and oxygen atoms in total. The average Bonchev–Trinajstić information content (AvgIpc) is 3.69. The van der Waals surface area contributed by atoms with Crippen molar-refractivity contribution in [2.45, 2.75) is 38.6 Å². The lowest BCUT2D eigenvalue weighted by Crippen LogP contribution is -2.36. The number of rotatable bonds is 10. The van der Waals surface area contributed by atoms with Crippen molar-refractivity contribution in [3.63, 3.8) is 0 Å². The molecule has 0 bridgehead atoms. The molecule has 6 heteroatoms. The second kappa shape index (κ2) is 11.4. The van der Waals surface area contributed by atoms with Crippen molar-refractivity contribution < 1.29 is 14.0 Å². The molecule has 3 aromatic carbocycles. The number of carbonyl (C=O) groups is 2. The summed E-state index contributed by atoms with van der Waals surface area (Å²) in [6, 6.07) is 21.3. The molecule has 188 valence electrons. The Kier molecular flexibility index (Phi) is 8.04. The molecule has 36 heavy (non-hydrogen) atoms. The topological polar surface area (TPSA) is 52.7 Å². The van der Waals surface area contributed by atoms with Crippen molar-refractivity contribution in [1.29, 1.82) is 0 Å². The maximum atomic E-state index is 13.8. The molecule has 0 aliphatic heterocycles. The molecule has 1 aliphatic rings. The Bertz CT molecular complexity index is 1210. The van der Waals surface area contributed by atoms with Gasteiger partial charge in [0.05, 0.1) is 5.92 Å². The van der Waals surface area contributed by atoms with Crippen molar-refractivity contribution in [1.82, 2.24) is 4.90 Å². The van der Waals surface area contributed by atoms with Gasteiger partial charge in [0.2, 0.25) is 5.91 Å². The third-order valence-electron chi connectivity index (χ3n) is 6.66. The highest BCUT2D eigenvalue weighted by molar-refractivity contribution is 6.04. The Morgan fingerprint density at radius 1 is 1.00 bits per heavy atom. The van der Waals surface area contributed by atoms with E-state index >= 15 is 0 Å². The van der Waals surface area contributed by atoms with Crippen LogP contribution >= 0.6 is 0 Å². The van der Waals surface area contributed by atoms with Gasteiger partial charge in [-0.25, -0.2) is 4.39 Å². The SMILES string of the molecule is CC[C@H](C(=O)N(Cc1cc(NC(=O)c2cccc(F)c2)ccc1N(C)C)CC1CC1)c1ccccc1. The van der Waals surface area contributed by atoms with Crippen LogP contribution in [0.3, 0.4) is 0 Å². The zero-order valence-corrected chi connectivity index (χ0v) is 21.2. The molecule has 3 aromatic rings. The minimum Gasteiger partial charge on any atom is -0.377 e. The highest BCUT2D eigenvalue weighted by atomic mass is 19.1. The molecule has 0 unspecified atom stereocenters. The molecule has 0 saturated heterocycles. The lowest BCUT2D eigenvalue weighted by Gasteiger charge is -2.29. The van der Waals surface area contributed by atoms with E-state index in [1.54, 1.807) is 6.07 Å². The predicted octanol–water partition coefficient (Wildman–Crippen LogP) is 6.08. The van der Waals surface area contributed by atoms with Crippen LogP contribution in [0.25, 0.3) is 0 Å². The summed E-state index contributed by atoms with van der Waals surface area (Å²) in [6.45, 7) is 3.24. The fraction of sp³-hybridized carbons (Fsp3) is 0.333. The van der Waals surface area contributed by atoms with Gasteiger partial charge < -0.3 is 15.1 Å². The maximum absolute atomic E-state index is 13.8. The minimum atomic E-state index is -0.454. The Morgan fingerprint density at radius 3 is 2.39 bits per heavy atom. The first-order valence-corrected chi connectivity index (χ1v) is 12.6. The summed E-state index contributed by atoms with van der Waals surface area (Å²) in [7, 11) is 3.94. The van der Waals surface area contributed by atoms with Crippen LogP contribution in [0.1, 0.15) is 53.6 Å². The number of nitrogens with zero attached hydrogens (tertiary/aromatic N) is 2. The first-order chi connectivity index (χ1) is 17.4. The van der Waals surface area contributed by atoms with Gasteiger partial charge in [0.1, 0.15) is 5.82 Å². The zero-order chi connectivity index (χ0) is 25.7. The molecule has 1 fully saturated rings. The molecular formula is C30H34FN3O2. The van der Waals surface area contributed by atoms with Crippen LogP contribution in [0.2, 0.25) is 0 Å². The van der Waals surface area contributed by atoms with Gasteiger partial charge in [0.25, 0.3) is 5.91 Å². The summed E-state index contributed by atoms with van der Waals surface area (Å²) < 4.78 is 13.6. The third kappa shape index (κ3) is 6.30. The smallest absolute Gasteiger partial charge is 0.255 e. The molecule has 1 atom stereocenters. The summed E-state index contributed by atoms with van der Waals surface area (Å²) in [4.78, 5) is 30.5. The van der Waals surface area contributed by atoms with Gasteiger partial charge in [-0.1, -0.05) is 43.3 Å². The fourth-order valence-electron chi connectivity index (χ4n) is 4.57. The molecule has 1 aliphatic carbocycles. The van der Waals surface area contributed by atoms with E-state index in [0.29, 0.717) is 18.2 Å². The maximum Gasteiger partial charge on any atom is 0.255 e. The summed E-state index contributed by atoms with van der Waals surface area (Å²) in [5.41, 5.74) is 3.84. The molecule has 0 spiro atoms. The van der Waals surface area contributed by atoms with Crippen LogP contribution in [0, 0.1) is 11.7 Å². The number of hydrogen-bond acceptors (Lipinski definition) is 3. The van der Waals surface area contributed by atoms with E-state index in [4.69, 9.17) is 0 Å². The van der Waals surface area contributed by atoms with Gasteiger partial charge >= 0.3 is 0 Å². The van der Waals surface area contributed by atoms with Gasteiger partial charge in [-0.05, 0) is 72.7 Å². The molecule has 2 amide bonds. The van der Waals surface area contributed by atoms with Crippen LogP contribution in [0.15, 0.2) is 72.8 Å². The summed E-state index contributed by atoms with van der Waals surface area (Å²) in [6.07, 6.45) is 3.03. The molecule has 1 saturated carbocycles. The number of nitrogens with one attached hydrogen (secondary N) is 1. The normalized spacial score (nSPS) is 13.7. The van der Waals surface area contributed by atoms with Crippen LogP contribution in [0.5, 0.6) is 0 Å². The average molecular weight is 488 g/mol. The number of halogens is 1. The monoisotopic (exact) mass is 487 g/mol. The van der Waals surface area contributed by atoms with Gasteiger partial charge in [-0.3, -0.25) is 9.59 Å². The van der Waals surface area contributed by atoms with Crippen LogP contribution < -0.4 is 10.2 Å². The Hall–Kier alpha value is -3.67. The summed E-state index contributed by atoms with van der Waals surface area (Å²) in [5, 5.41) is 2.88. The van der Waals surface area contributed by atoms with Gasteiger partial charge in [-0.2, -0.15) is 0 Å². The van der Waals surface area contributed by atoms with Crippen LogP contribution in [-0.2, 0) is 11.3 Å². The quantitative estimate of drug-likeness (QED) is 0.377. The van der Waals surface area contributed by atoms with E-state index in [1.807, 2.05) is 72.4 Å². The van der Waals surface area contributed by atoms with E-state index in [1.165, 1.54) is 18.2 Å². The van der Waals surface area contributed by atoms with E-state index in [-0.39, 0.29) is 23.3 Å². The van der Waals surface area contributed by atoms with E-state index < -0.39 is 5.82 Å². The van der Waals surface area contributed by atoms with Crippen molar-refractivity contribution in [2.75, 3.05) is 30.9 Å². The highest BCUT2D eigenvalue weighted by Crippen LogP contribution is 2.33. The van der Waals surface area contributed by atoms with Crippen molar-refractivity contribution in [3.8, 4) is 0 Å². The van der Waals surface area contributed by atoms with Gasteiger partial charge in [0, 0.05) is 44.1 Å². The number of hydrogen-bond donors (Lipinski definition) is 1. The second-order valence-electron chi connectivity index (χ2n) is 9.74. The van der Waals surface area contributed by atoms with Gasteiger partial charge in [0.15, 0.2) is 0 Å². The Labute approximate surface area is 212 Å². The van der Waals surface area contributed by atoms with Crippen molar-refractivity contribution in [3.05, 3.63) is 95.3 Å². The van der Waals surface area contributed by atoms with Crippen LogP contribution in [-0.4, -0.2) is 37.4 Å². The number of carbonyl (C=O) groups excluding carboxylic acids is 2. The fourth-order valence-corrected chi connectivity index (χ4v) is 4.57. The number of amides is 2. The molecule has 0 radical (unpaired) electrons. The zero-order valence-electron chi connectivity index (χ0n) is 21.2. The van der Waals surface area contributed by atoms with Crippen LogP contribution in [0.4, 0.5) is 15.8 Å². The number of anilines is 2. The summed E-state index contributed by atoms with van der Waals surface area (Å²) >= 11 is 0. The lowest BCUT2D eigenvalue weighted by molar-refractivity contribution is -0.133.